The lowest BCUT2D eigenvalue weighted by molar-refractivity contribution is 0.190. The topological polar surface area (TPSA) is 114 Å². The van der Waals surface area contributed by atoms with Crippen LogP contribution in [0.25, 0.3) is 10.9 Å². The molecule has 2 heterocycles. The Hall–Kier alpha value is -2.51. The molecule has 9 nitrogen and oxygen atoms in total. The highest BCUT2D eigenvalue weighted by Crippen LogP contribution is 2.30. The minimum atomic E-state index is -2.94. The number of fused-ring (bicyclic) bond motifs is 1. The fourth-order valence-electron chi connectivity index (χ4n) is 2.96. The van der Waals surface area contributed by atoms with Crippen molar-refractivity contribution in [3.05, 3.63) is 24.5 Å². The van der Waals surface area contributed by atoms with E-state index in [2.05, 4.69) is 24.7 Å². The molecule has 1 fully saturated rings. The van der Waals surface area contributed by atoms with Gasteiger partial charge in [0.2, 0.25) is 0 Å². The number of hydrogen-bond donors (Lipinski definition) is 2. The van der Waals surface area contributed by atoms with Crippen molar-refractivity contribution in [3.8, 4) is 5.75 Å². The van der Waals surface area contributed by atoms with E-state index >= 15 is 0 Å². The number of hydrogen-bond acceptors (Lipinski definition) is 7. The van der Waals surface area contributed by atoms with Gasteiger partial charge in [-0.2, -0.15) is 4.52 Å². The zero-order chi connectivity index (χ0) is 17.8. The summed E-state index contributed by atoms with van der Waals surface area (Å²) in [6, 6.07) is 5.59. The zero-order valence-corrected chi connectivity index (χ0v) is 14.5. The van der Waals surface area contributed by atoms with Crippen molar-refractivity contribution in [1.29, 1.82) is 0 Å². The highest BCUT2D eigenvalue weighted by Gasteiger charge is 2.27. The number of amides is 1. The molecule has 0 bridgehead atoms. The summed E-state index contributed by atoms with van der Waals surface area (Å²) in [6.07, 6.45) is 1.98. The maximum atomic E-state index is 11.4. The largest absolute Gasteiger partial charge is 0.752 e. The zero-order valence-electron chi connectivity index (χ0n) is 13.6. The van der Waals surface area contributed by atoms with Gasteiger partial charge in [-0.25, -0.2) is 14.8 Å². The normalized spacial score (nSPS) is 15.8. The van der Waals surface area contributed by atoms with Gasteiger partial charge < -0.3 is 15.0 Å². The molecule has 1 aliphatic heterocycles. The molecule has 25 heavy (non-hydrogen) atoms. The van der Waals surface area contributed by atoms with Crippen molar-refractivity contribution in [1.82, 2.24) is 15.3 Å². The number of nitrogens with zero attached hydrogens (tertiary/aromatic N) is 3. The number of piperidine rings is 1. The minimum absolute atomic E-state index is 0.110. The first-order valence-electron chi connectivity index (χ1n) is 7.75. The Morgan fingerprint density at radius 3 is 2.80 bits per heavy atom. The average Bonchev–Trinajstić information content (AvgIpc) is 2.60. The Balaban J connectivity index is 1.70. The van der Waals surface area contributed by atoms with E-state index in [1.54, 1.807) is 7.11 Å². The van der Waals surface area contributed by atoms with E-state index in [1.165, 1.54) is 6.33 Å². The van der Waals surface area contributed by atoms with Gasteiger partial charge in [0.05, 0.1) is 7.11 Å². The molecule has 1 aliphatic rings. The van der Waals surface area contributed by atoms with Gasteiger partial charge in [0.1, 0.15) is 23.4 Å². The van der Waals surface area contributed by atoms with Gasteiger partial charge in [-0.1, -0.05) is 6.07 Å². The maximum absolute atomic E-state index is 11.4. The fourth-order valence-corrected chi connectivity index (χ4v) is 3.16. The Morgan fingerprint density at radius 2 is 2.12 bits per heavy atom. The molecular weight excluding hydrogens is 347 g/mol. The number of carbonyl (C=O) groups is 1. The van der Waals surface area contributed by atoms with E-state index in [4.69, 9.17) is 9.63 Å². The van der Waals surface area contributed by atoms with Crippen LogP contribution in [0.2, 0.25) is 0 Å². The van der Waals surface area contributed by atoms with Crippen LogP contribution in [0.4, 0.5) is 10.6 Å². The molecule has 1 aromatic carbocycles. The number of para-hydroxylation sites is 1. The second-order valence-corrected chi connectivity index (χ2v) is 6.23. The van der Waals surface area contributed by atoms with Gasteiger partial charge in [-0.05, 0) is 25.0 Å². The Kier molecular flexibility index (Phi) is 5.25. The predicted molar refractivity (Wildman–Crippen MR) is 90.8 cm³/mol. The lowest BCUT2D eigenvalue weighted by Crippen LogP contribution is -2.44. The minimum Gasteiger partial charge on any atom is -0.494 e. The van der Waals surface area contributed by atoms with Gasteiger partial charge >= 0.3 is 14.3 Å². The summed E-state index contributed by atoms with van der Waals surface area (Å²) >= 11 is 0. The van der Waals surface area contributed by atoms with Crippen LogP contribution in [0.3, 0.4) is 0 Å². The number of benzene rings is 1. The van der Waals surface area contributed by atoms with Gasteiger partial charge in [-0.3, -0.25) is 0 Å². The smallest absolute Gasteiger partial charge is 0.494 e. The summed E-state index contributed by atoms with van der Waals surface area (Å²) in [5.41, 5.74) is 0.755. The number of carbonyl (C=O) groups excluding carboxylic acids is 1. The third kappa shape index (κ3) is 3.94. The molecule has 2 N–H and O–H groups in total. The first-order valence-corrected chi connectivity index (χ1v) is 8.88. The van der Waals surface area contributed by atoms with Crippen LogP contribution >= 0.6 is 8.25 Å². The summed E-state index contributed by atoms with van der Waals surface area (Å²) in [7, 11) is -1.33. The van der Waals surface area contributed by atoms with E-state index < -0.39 is 14.3 Å². The van der Waals surface area contributed by atoms with Crippen LogP contribution in [0.5, 0.6) is 5.75 Å². The van der Waals surface area contributed by atoms with Crippen LogP contribution in [0.15, 0.2) is 24.5 Å². The lowest BCUT2D eigenvalue weighted by atomic mass is 10.0. The average molecular weight is 365 g/mol. The predicted octanol–water partition coefficient (Wildman–Crippen LogP) is 1.98. The molecule has 0 radical (unpaired) electrons. The van der Waals surface area contributed by atoms with Crippen LogP contribution in [-0.2, 0) is 9.09 Å². The van der Waals surface area contributed by atoms with E-state index in [1.807, 2.05) is 18.2 Å². The Bertz CT molecular complexity index is 795. The van der Waals surface area contributed by atoms with Gasteiger partial charge in [0.25, 0.3) is 0 Å². The van der Waals surface area contributed by atoms with Crippen LogP contribution in [-0.4, -0.2) is 47.2 Å². The second-order valence-electron chi connectivity index (χ2n) is 5.58. The monoisotopic (exact) mass is 365 g/mol. The molecule has 1 saturated heterocycles. The van der Waals surface area contributed by atoms with Crippen LogP contribution in [0.1, 0.15) is 12.8 Å². The van der Waals surface area contributed by atoms with Crippen molar-refractivity contribution in [2.24, 2.45) is 0 Å². The summed E-state index contributed by atoms with van der Waals surface area (Å²) in [5, 5.41) is 3.50. The van der Waals surface area contributed by atoms with Gasteiger partial charge in [-0.15, -0.1) is 4.89 Å². The SMILES string of the molecule is COc1cccc2c(N3CCC(NC(=O)O[P+](=O)O)CC3)ncnc12. The van der Waals surface area contributed by atoms with E-state index in [0.29, 0.717) is 31.7 Å². The van der Waals surface area contributed by atoms with E-state index in [0.717, 1.165) is 16.7 Å². The number of anilines is 1. The van der Waals surface area contributed by atoms with Gasteiger partial charge in [0.15, 0.2) is 0 Å². The Labute approximate surface area is 144 Å². The third-order valence-electron chi connectivity index (χ3n) is 4.10. The summed E-state index contributed by atoms with van der Waals surface area (Å²) < 4.78 is 20.1. The van der Waals surface area contributed by atoms with Crippen LogP contribution in [0, 0.1) is 0 Å². The van der Waals surface area contributed by atoms with Crippen LogP contribution < -0.4 is 15.0 Å². The third-order valence-corrected chi connectivity index (χ3v) is 4.43. The summed E-state index contributed by atoms with van der Waals surface area (Å²) in [6.45, 7) is 1.36. The highest BCUT2D eigenvalue weighted by atomic mass is 31.1. The highest BCUT2D eigenvalue weighted by molar-refractivity contribution is 7.32. The first-order chi connectivity index (χ1) is 12.1. The maximum Gasteiger partial charge on any atom is 0.752 e. The number of ether oxygens (including phenoxy) is 1. The molecule has 0 aliphatic carbocycles. The molecule has 1 atom stereocenters. The first kappa shape index (κ1) is 17.3. The van der Waals surface area contributed by atoms with Crippen molar-refractivity contribution >= 4 is 31.1 Å². The molecule has 0 spiro atoms. The molecule has 3 rings (SSSR count). The molecule has 1 unspecified atom stereocenters. The van der Waals surface area contributed by atoms with Crippen molar-refractivity contribution in [2.75, 3.05) is 25.1 Å². The van der Waals surface area contributed by atoms with Crippen molar-refractivity contribution < 1.29 is 23.5 Å². The molecule has 1 amide bonds. The molecule has 10 heteroatoms. The molecular formula is C15H18N4O5P+. The van der Waals surface area contributed by atoms with Gasteiger partial charge in [0, 0.05) is 29.1 Å². The molecule has 0 saturated carbocycles. The van der Waals surface area contributed by atoms with E-state index in [9.17, 15) is 9.36 Å². The number of methoxy groups -OCH3 is 1. The molecule has 2 aromatic rings. The summed E-state index contributed by atoms with van der Waals surface area (Å²) in [5.74, 6) is 1.52. The number of nitrogens with one attached hydrogen (secondary N) is 1. The second kappa shape index (κ2) is 7.58. The standard InChI is InChI=1S/C15H17N4O5P/c1-23-12-4-2-3-11-13(12)16-9-17-14(11)19-7-5-10(6-8-19)18-15(20)24-25(21)22/h2-4,9-10H,5-8H2,1H3,(H-,18,20,21,22)/p+1. The van der Waals surface area contributed by atoms with Crippen molar-refractivity contribution in [2.45, 2.75) is 18.9 Å². The molecule has 132 valence electrons. The summed E-state index contributed by atoms with van der Waals surface area (Å²) in [4.78, 5) is 30.8. The Morgan fingerprint density at radius 1 is 1.36 bits per heavy atom. The quantitative estimate of drug-likeness (QED) is 0.791. The number of rotatable bonds is 4. The number of aromatic nitrogens is 2. The van der Waals surface area contributed by atoms with E-state index in [-0.39, 0.29) is 6.04 Å². The van der Waals surface area contributed by atoms with Crippen molar-refractivity contribution in [3.63, 3.8) is 0 Å². The fraction of sp³-hybridized carbons (Fsp3) is 0.400. The molecule has 1 aromatic heterocycles. The lowest BCUT2D eigenvalue weighted by Gasteiger charge is -2.33.